The van der Waals surface area contributed by atoms with Gasteiger partial charge in [0.2, 0.25) is 0 Å². The summed E-state index contributed by atoms with van der Waals surface area (Å²) in [6.45, 7) is 6.66. The second-order valence-electron chi connectivity index (χ2n) is 18.6. The van der Waals surface area contributed by atoms with Crippen molar-refractivity contribution in [1.82, 2.24) is 5.32 Å². The molecule has 18 atom stereocenters. The van der Waals surface area contributed by atoms with E-state index in [1.165, 1.54) is 0 Å². The Kier molecular flexibility index (Phi) is 12.7. The third-order valence-corrected chi connectivity index (χ3v) is 15.6. The predicted octanol–water partition coefficient (Wildman–Crippen LogP) is 0.619. The minimum absolute atomic E-state index is 0.0102. The molecule has 7 aliphatic rings. The molecule has 14 unspecified atom stereocenters. The Hall–Kier alpha value is -1.78. The lowest BCUT2D eigenvalue weighted by Crippen LogP contribution is -2.95. The highest BCUT2D eigenvalue weighted by Gasteiger charge is 2.67. The molecule has 55 heavy (non-hydrogen) atoms. The summed E-state index contributed by atoms with van der Waals surface area (Å²) in [6, 6.07) is 0. The van der Waals surface area contributed by atoms with Gasteiger partial charge in [-0.05, 0) is 96.4 Å². The Morgan fingerprint density at radius 2 is 1.91 bits per heavy atom. The van der Waals surface area contributed by atoms with Crippen molar-refractivity contribution in [2.75, 3.05) is 26.3 Å². The van der Waals surface area contributed by atoms with Gasteiger partial charge in [0, 0.05) is 47.5 Å². The standard InChI is InChI=1S/C42H68N4O9/c1-4-22(2)40(52)54-31-18-29-36(51)33-30(50)17-26(20-47)53-38(33)34(37(29)55-41(31,3)13-10-23-8-9-32(43)46-19-23)35-27-12-15-45-39(44)28(27)11-14-42(35,21-48)24-6-5-7-25(49)16-24/h4,11,14,23-29,31-39,45-49,51H,5-10,12-13,15-21,43-44H2,1-3H3/p+1/t23?,24?,25?,26?,27?,28?,29?,31-,32?,33?,34?,35+,36?,37?,38?,39?,41-,42+/m0/s1. The number of piperidine rings is 2. The van der Waals surface area contributed by atoms with Gasteiger partial charge in [0.15, 0.2) is 0 Å². The number of ketones is 1. The molecule has 0 aromatic rings. The number of aliphatic hydroxyl groups excluding tert-OH is 4. The molecule has 7 rings (SSSR count). The molecule has 2 saturated carbocycles. The van der Waals surface area contributed by atoms with E-state index in [4.69, 9.17) is 25.7 Å². The summed E-state index contributed by atoms with van der Waals surface area (Å²) < 4.78 is 20.6. The van der Waals surface area contributed by atoms with Gasteiger partial charge in [0.25, 0.3) is 0 Å². The van der Waals surface area contributed by atoms with Gasteiger partial charge < -0.3 is 51.0 Å². The lowest BCUT2D eigenvalue weighted by atomic mass is 9.46. The van der Waals surface area contributed by atoms with Crippen molar-refractivity contribution in [3.63, 3.8) is 0 Å². The number of carbonyl (C=O) groups is 2. The number of Topliss-reactive ketones (excluding diaryl/α,β-unsaturated/α-hetero) is 1. The molecule has 0 bridgehead atoms. The third kappa shape index (κ3) is 7.77. The zero-order valence-corrected chi connectivity index (χ0v) is 33.1. The van der Waals surface area contributed by atoms with Crippen molar-refractivity contribution in [2.45, 2.75) is 146 Å². The highest BCUT2D eigenvalue weighted by atomic mass is 16.6. The molecule has 0 amide bonds. The van der Waals surface area contributed by atoms with Gasteiger partial charge in [0.1, 0.15) is 23.7 Å². The Bertz CT molecular complexity index is 1440. The first kappa shape index (κ1) is 41.4. The lowest BCUT2D eigenvalue weighted by Gasteiger charge is -2.64. The summed E-state index contributed by atoms with van der Waals surface area (Å²) in [4.78, 5) is 27.7. The molecule has 0 aromatic carbocycles. The molecule has 0 radical (unpaired) electrons. The zero-order valence-electron chi connectivity index (χ0n) is 33.1. The predicted molar refractivity (Wildman–Crippen MR) is 203 cm³/mol. The largest absolute Gasteiger partial charge is 0.456 e. The summed E-state index contributed by atoms with van der Waals surface area (Å²) in [6.07, 6.45) is 8.76. The quantitative estimate of drug-likeness (QED) is 0.0918. The number of hydrogen-bond donors (Lipinski definition) is 8. The molecule has 13 heteroatoms. The molecule has 3 aliphatic carbocycles. The first-order valence-electron chi connectivity index (χ1n) is 21.4. The smallest absolute Gasteiger partial charge is 0.333 e. The van der Waals surface area contributed by atoms with Gasteiger partial charge in [0.05, 0.1) is 62.4 Å². The molecular weight excluding hydrogens is 704 g/mol. The molecule has 310 valence electrons. The van der Waals surface area contributed by atoms with Gasteiger partial charge in [-0.2, -0.15) is 0 Å². The van der Waals surface area contributed by atoms with Crippen LogP contribution in [0.4, 0.5) is 0 Å². The van der Waals surface area contributed by atoms with E-state index in [2.05, 4.69) is 22.8 Å². The first-order chi connectivity index (χ1) is 26.3. The molecule has 11 N–H and O–H groups in total. The summed E-state index contributed by atoms with van der Waals surface area (Å²) in [5, 5.41) is 51.3. The fourth-order valence-corrected chi connectivity index (χ4v) is 12.4. The average molecular weight is 774 g/mol. The topological polar surface area (TPSA) is 223 Å². The second-order valence-corrected chi connectivity index (χ2v) is 18.6. The number of esters is 1. The van der Waals surface area contributed by atoms with Crippen molar-refractivity contribution in [1.29, 1.82) is 0 Å². The maximum Gasteiger partial charge on any atom is 0.333 e. The van der Waals surface area contributed by atoms with E-state index in [-0.39, 0.29) is 61.4 Å². The van der Waals surface area contributed by atoms with Crippen LogP contribution in [0.3, 0.4) is 0 Å². The highest BCUT2D eigenvalue weighted by molar-refractivity contribution is 5.87. The van der Waals surface area contributed by atoms with E-state index in [0.29, 0.717) is 43.7 Å². The number of rotatable bonds is 9. The Morgan fingerprint density at radius 1 is 1.11 bits per heavy atom. The maximum absolute atomic E-state index is 14.2. The number of ether oxygens (including phenoxy) is 3. The van der Waals surface area contributed by atoms with Crippen LogP contribution in [0, 0.1) is 52.8 Å². The molecule has 4 saturated heterocycles. The minimum Gasteiger partial charge on any atom is -0.456 e. The van der Waals surface area contributed by atoms with E-state index in [0.717, 1.165) is 45.1 Å². The highest BCUT2D eigenvalue weighted by Crippen LogP contribution is 2.62. The summed E-state index contributed by atoms with van der Waals surface area (Å²) in [5.41, 5.74) is 11.8. The molecule has 13 nitrogen and oxygen atoms in total. The zero-order chi connectivity index (χ0) is 39.2. The molecule has 0 spiro atoms. The van der Waals surface area contributed by atoms with Crippen LogP contribution in [0.2, 0.25) is 0 Å². The number of fused-ring (bicyclic) bond motifs is 3. The van der Waals surface area contributed by atoms with Crippen molar-refractivity contribution in [2.24, 2.45) is 64.2 Å². The van der Waals surface area contributed by atoms with Crippen LogP contribution in [-0.2, 0) is 23.8 Å². The summed E-state index contributed by atoms with van der Waals surface area (Å²) in [5.74, 6) is -2.55. The van der Waals surface area contributed by atoms with Crippen LogP contribution in [0.25, 0.3) is 0 Å². The summed E-state index contributed by atoms with van der Waals surface area (Å²) >= 11 is 0. The van der Waals surface area contributed by atoms with Crippen LogP contribution in [0.5, 0.6) is 0 Å². The number of quaternary nitrogens is 1. The summed E-state index contributed by atoms with van der Waals surface area (Å²) in [7, 11) is 0. The van der Waals surface area contributed by atoms with E-state index in [1.54, 1.807) is 19.9 Å². The molecular formula is C42H69N4O9+. The normalized spacial score (nSPS) is 49.0. The van der Waals surface area contributed by atoms with Crippen molar-refractivity contribution in [3.05, 3.63) is 23.8 Å². The lowest BCUT2D eigenvalue weighted by molar-refractivity contribution is -0.703. The van der Waals surface area contributed by atoms with E-state index < -0.39 is 71.4 Å². The first-order valence-corrected chi connectivity index (χ1v) is 21.4. The number of nitrogens with one attached hydrogen (secondary N) is 1. The van der Waals surface area contributed by atoms with Gasteiger partial charge >= 0.3 is 5.97 Å². The van der Waals surface area contributed by atoms with E-state index >= 15 is 0 Å². The monoisotopic (exact) mass is 774 g/mol. The maximum atomic E-state index is 14.2. The van der Waals surface area contributed by atoms with Crippen LogP contribution < -0.4 is 22.1 Å². The van der Waals surface area contributed by atoms with Crippen molar-refractivity contribution < 1.29 is 49.5 Å². The van der Waals surface area contributed by atoms with Crippen LogP contribution in [0.15, 0.2) is 23.8 Å². The van der Waals surface area contributed by atoms with Crippen molar-refractivity contribution >= 4 is 11.8 Å². The van der Waals surface area contributed by atoms with Crippen LogP contribution >= 0.6 is 0 Å². The Morgan fingerprint density at radius 3 is 2.60 bits per heavy atom. The number of allylic oxidation sites excluding steroid dienone is 1. The van der Waals surface area contributed by atoms with E-state index in [1.807, 2.05) is 6.92 Å². The number of aliphatic hydroxyl groups is 4. The van der Waals surface area contributed by atoms with Gasteiger partial charge in [-0.15, -0.1) is 0 Å². The molecule has 4 aliphatic heterocycles. The molecule has 0 aromatic heterocycles. The number of carbonyl (C=O) groups excluding carboxylic acids is 2. The van der Waals surface area contributed by atoms with Crippen molar-refractivity contribution in [3.8, 4) is 0 Å². The SMILES string of the molecule is CC=C(C)C(=O)O[C@H]1CC2C(O)C3C(=O)CC(CO)OC3C([C@H]3C4CCNC(N)C4C=C[C@@]3(CO)C3CCCC(O)C3)C2O[C@@]1(C)CCC1CCC(N)[NH2+]C1. The molecule has 4 heterocycles. The van der Waals surface area contributed by atoms with Gasteiger partial charge in [-0.25, -0.2) is 4.79 Å². The third-order valence-electron chi connectivity index (χ3n) is 15.6. The average Bonchev–Trinajstić information content (AvgIpc) is 3.18. The second kappa shape index (κ2) is 16.8. The Balaban J connectivity index is 1.35. The van der Waals surface area contributed by atoms with Gasteiger partial charge in [-0.1, -0.05) is 24.6 Å². The minimum atomic E-state index is -1.13. The Labute approximate surface area is 326 Å². The van der Waals surface area contributed by atoms with Crippen LogP contribution in [0.1, 0.15) is 91.4 Å². The number of nitrogens with two attached hydrogens (primary N) is 3. The van der Waals surface area contributed by atoms with Crippen LogP contribution in [-0.4, -0.2) is 113 Å². The molecule has 6 fully saturated rings. The fourth-order valence-electron chi connectivity index (χ4n) is 12.4. The van der Waals surface area contributed by atoms with Gasteiger partial charge in [-0.3, -0.25) is 10.5 Å². The van der Waals surface area contributed by atoms with E-state index in [9.17, 15) is 30.0 Å². The fraction of sp³-hybridized carbons (Fsp3) is 0.857. The number of hydrogen-bond acceptors (Lipinski definition) is 12.